The van der Waals surface area contributed by atoms with E-state index in [4.69, 9.17) is 11.6 Å². The number of nitrogens with one attached hydrogen (secondary N) is 1. The first kappa shape index (κ1) is 16.8. The van der Waals surface area contributed by atoms with Crippen molar-refractivity contribution in [2.24, 2.45) is 0 Å². The van der Waals surface area contributed by atoms with E-state index in [1.165, 1.54) is 31.5 Å². The predicted octanol–water partition coefficient (Wildman–Crippen LogP) is 3.02. The van der Waals surface area contributed by atoms with Crippen molar-refractivity contribution in [3.05, 3.63) is 34.9 Å². The van der Waals surface area contributed by atoms with Gasteiger partial charge in [-0.25, -0.2) is 0 Å². The SMILES string of the molecule is CC(NCCN1CCC(N(C)C)CC1)c1ccc(Cl)cc1. The summed E-state index contributed by atoms with van der Waals surface area (Å²) in [7, 11) is 4.38. The molecule has 0 aliphatic carbocycles. The van der Waals surface area contributed by atoms with Crippen LogP contribution in [0.25, 0.3) is 0 Å². The van der Waals surface area contributed by atoms with Crippen molar-refractivity contribution in [1.82, 2.24) is 15.1 Å². The van der Waals surface area contributed by atoms with Gasteiger partial charge in [-0.05, 0) is 64.6 Å². The lowest BCUT2D eigenvalue weighted by Crippen LogP contribution is -2.44. The van der Waals surface area contributed by atoms with Crippen LogP contribution < -0.4 is 5.32 Å². The molecule has 1 aromatic carbocycles. The maximum absolute atomic E-state index is 5.93. The molecule has 4 heteroatoms. The third-order valence-corrected chi connectivity index (χ3v) is 4.79. The van der Waals surface area contributed by atoms with Gasteiger partial charge in [-0.1, -0.05) is 23.7 Å². The largest absolute Gasteiger partial charge is 0.309 e. The van der Waals surface area contributed by atoms with E-state index < -0.39 is 0 Å². The number of hydrogen-bond acceptors (Lipinski definition) is 3. The number of halogens is 1. The van der Waals surface area contributed by atoms with E-state index in [-0.39, 0.29) is 0 Å². The van der Waals surface area contributed by atoms with Gasteiger partial charge in [0, 0.05) is 30.2 Å². The molecule has 0 amide bonds. The highest BCUT2D eigenvalue weighted by Crippen LogP contribution is 2.16. The Bertz CT molecular complexity index is 411. The first-order chi connectivity index (χ1) is 10.1. The Morgan fingerprint density at radius 1 is 1.24 bits per heavy atom. The van der Waals surface area contributed by atoms with E-state index in [0.29, 0.717) is 6.04 Å². The van der Waals surface area contributed by atoms with Gasteiger partial charge in [0.25, 0.3) is 0 Å². The zero-order chi connectivity index (χ0) is 15.2. The molecule has 0 radical (unpaired) electrons. The molecule has 1 aliphatic heterocycles. The lowest BCUT2D eigenvalue weighted by molar-refractivity contribution is 0.145. The van der Waals surface area contributed by atoms with Crippen LogP contribution in [0.4, 0.5) is 0 Å². The summed E-state index contributed by atoms with van der Waals surface area (Å²) in [4.78, 5) is 4.93. The fourth-order valence-corrected chi connectivity index (χ4v) is 3.09. The zero-order valence-corrected chi connectivity index (χ0v) is 14.2. The molecule has 1 heterocycles. The first-order valence-corrected chi connectivity index (χ1v) is 8.31. The van der Waals surface area contributed by atoms with Crippen LogP contribution in [0.15, 0.2) is 24.3 Å². The van der Waals surface area contributed by atoms with Gasteiger partial charge in [-0.15, -0.1) is 0 Å². The summed E-state index contributed by atoms with van der Waals surface area (Å²) >= 11 is 5.93. The smallest absolute Gasteiger partial charge is 0.0406 e. The van der Waals surface area contributed by atoms with Gasteiger partial charge in [0.1, 0.15) is 0 Å². The van der Waals surface area contributed by atoms with Gasteiger partial charge in [0.2, 0.25) is 0 Å². The highest BCUT2D eigenvalue weighted by atomic mass is 35.5. The van der Waals surface area contributed by atoms with E-state index in [1.54, 1.807) is 0 Å². The molecule has 1 fully saturated rings. The summed E-state index contributed by atoms with van der Waals surface area (Å²) in [5.74, 6) is 0. The fraction of sp³-hybridized carbons (Fsp3) is 0.647. The summed E-state index contributed by atoms with van der Waals surface area (Å²) in [6.07, 6.45) is 2.58. The summed E-state index contributed by atoms with van der Waals surface area (Å²) in [6, 6.07) is 9.26. The normalized spacial score (nSPS) is 19.1. The molecule has 2 rings (SSSR count). The monoisotopic (exact) mass is 309 g/mol. The Balaban J connectivity index is 1.67. The average molecular weight is 310 g/mol. The topological polar surface area (TPSA) is 18.5 Å². The van der Waals surface area contributed by atoms with Crippen molar-refractivity contribution >= 4 is 11.6 Å². The number of nitrogens with zero attached hydrogens (tertiary/aromatic N) is 2. The van der Waals surface area contributed by atoms with Crippen molar-refractivity contribution in [3.63, 3.8) is 0 Å². The Labute approximate surface area is 134 Å². The van der Waals surface area contributed by atoms with Crippen LogP contribution in [-0.2, 0) is 0 Å². The van der Waals surface area contributed by atoms with Crippen LogP contribution in [0.1, 0.15) is 31.4 Å². The third kappa shape index (κ3) is 5.26. The average Bonchev–Trinajstić information content (AvgIpc) is 2.48. The van der Waals surface area contributed by atoms with Gasteiger partial charge in [-0.2, -0.15) is 0 Å². The minimum atomic E-state index is 0.376. The second kappa shape index (κ2) is 8.14. The number of rotatable bonds is 6. The van der Waals surface area contributed by atoms with Crippen LogP contribution in [0.5, 0.6) is 0 Å². The quantitative estimate of drug-likeness (QED) is 0.871. The van der Waals surface area contributed by atoms with E-state index in [2.05, 4.69) is 48.3 Å². The zero-order valence-electron chi connectivity index (χ0n) is 13.5. The van der Waals surface area contributed by atoms with Crippen molar-refractivity contribution in [3.8, 4) is 0 Å². The summed E-state index contributed by atoms with van der Waals surface area (Å²) in [5, 5.41) is 4.41. The van der Waals surface area contributed by atoms with Gasteiger partial charge >= 0.3 is 0 Å². The van der Waals surface area contributed by atoms with E-state index in [0.717, 1.165) is 24.2 Å². The molecule has 0 saturated carbocycles. The molecule has 0 spiro atoms. The van der Waals surface area contributed by atoms with E-state index in [1.807, 2.05) is 12.1 Å². The van der Waals surface area contributed by atoms with E-state index in [9.17, 15) is 0 Å². The van der Waals surface area contributed by atoms with E-state index >= 15 is 0 Å². The summed E-state index contributed by atoms with van der Waals surface area (Å²) in [5.41, 5.74) is 1.30. The number of likely N-dealkylation sites (tertiary alicyclic amines) is 1. The second-order valence-electron chi connectivity index (χ2n) is 6.26. The first-order valence-electron chi connectivity index (χ1n) is 7.94. The molecule has 0 aromatic heterocycles. The third-order valence-electron chi connectivity index (χ3n) is 4.54. The minimum absolute atomic E-state index is 0.376. The number of piperidine rings is 1. The molecule has 1 saturated heterocycles. The Morgan fingerprint density at radius 3 is 2.43 bits per heavy atom. The van der Waals surface area contributed by atoms with Crippen molar-refractivity contribution in [2.75, 3.05) is 40.3 Å². The predicted molar refractivity (Wildman–Crippen MR) is 91.0 cm³/mol. The Morgan fingerprint density at radius 2 is 1.86 bits per heavy atom. The van der Waals surface area contributed by atoms with Gasteiger partial charge in [0.05, 0.1) is 0 Å². The van der Waals surface area contributed by atoms with Gasteiger partial charge in [-0.3, -0.25) is 0 Å². The van der Waals surface area contributed by atoms with Gasteiger partial charge in [0.15, 0.2) is 0 Å². The van der Waals surface area contributed by atoms with Crippen LogP contribution >= 0.6 is 11.6 Å². The van der Waals surface area contributed by atoms with Crippen LogP contribution in [-0.4, -0.2) is 56.1 Å². The van der Waals surface area contributed by atoms with Crippen molar-refractivity contribution < 1.29 is 0 Å². The highest BCUT2D eigenvalue weighted by Gasteiger charge is 2.20. The van der Waals surface area contributed by atoms with Crippen molar-refractivity contribution in [2.45, 2.75) is 31.8 Å². The van der Waals surface area contributed by atoms with Crippen molar-refractivity contribution in [1.29, 1.82) is 0 Å². The van der Waals surface area contributed by atoms with Crippen LogP contribution in [0.2, 0.25) is 5.02 Å². The molecule has 1 atom stereocenters. The molecule has 1 N–H and O–H groups in total. The van der Waals surface area contributed by atoms with Crippen LogP contribution in [0, 0.1) is 0 Å². The lowest BCUT2D eigenvalue weighted by atomic mass is 10.0. The molecule has 3 nitrogen and oxygen atoms in total. The second-order valence-corrected chi connectivity index (χ2v) is 6.70. The number of benzene rings is 1. The summed E-state index contributed by atoms with van der Waals surface area (Å²) < 4.78 is 0. The van der Waals surface area contributed by atoms with Gasteiger partial charge < -0.3 is 15.1 Å². The highest BCUT2D eigenvalue weighted by molar-refractivity contribution is 6.30. The summed E-state index contributed by atoms with van der Waals surface area (Å²) in [6.45, 7) is 6.83. The Kier molecular flexibility index (Phi) is 6.49. The maximum atomic E-state index is 5.93. The molecule has 1 aromatic rings. The number of hydrogen-bond donors (Lipinski definition) is 1. The molecule has 0 bridgehead atoms. The molecule has 21 heavy (non-hydrogen) atoms. The fourth-order valence-electron chi connectivity index (χ4n) is 2.97. The maximum Gasteiger partial charge on any atom is 0.0406 e. The molecule has 1 unspecified atom stereocenters. The lowest BCUT2D eigenvalue weighted by Gasteiger charge is -2.35. The standard InChI is InChI=1S/C17H28ClN3/c1-14(15-4-6-16(18)7-5-15)19-10-13-21-11-8-17(9-12-21)20(2)3/h4-7,14,17,19H,8-13H2,1-3H3. The molecular weight excluding hydrogens is 282 g/mol. The van der Waals surface area contributed by atoms with Crippen LogP contribution in [0.3, 0.4) is 0 Å². The Hall–Kier alpha value is -0.610. The molecular formula is C17H28ClN3. The molecule has 118 valence electrons. The minimum Gasteiger partial charge on any atom is -0.309 e. The molecule has 1 aliphatic rings.